The first-order valence-corrected chi connectivity index (χ1v) is 3.12. The molecule has 0 saturated carbocycles. The molecule has 0 amide bonds. The first-order valence-electron chi connectivity index (χ1n) is 3.12. The lowest BCUT2D eigenvalue weighted by atomic mass is 9.99. The number of hydrogen-bond donors (Lipinski definition) is 1. The molecule has 0 bridgehead atoms. The van der Waals surface area contributed by atoms with Crippen LogP contribution in [-0.4, -0.2) is 19.8 Å². The van der Waals surface area contributed by atoms with Crippen molar-refractivity contribution in [3.8, 4) is 0 Å². The zero-order chi connectivity index (χ0) is 5.98. The van der Waals surface area contributed by atoms with E-state index in [0.717, 1.165) is 19.8 Å². The normalized spacial score (nSPS) is 38.2. The molecule has 1 rings (SSSR count). The molecule has 1 saturated heterocycles. The first-order chi connectivity index (χ1) is 3.84. The highest BCUT2D eigenvalue weighted by Gasteiger charge is 2.21. The minimum absolute atomic E-state index is 0.620. The van der Waals surface area contributed by atoms with E-state index < -0.39 is 0 Å². The number of rotatable bonds is 1. The summed E-state index contributed by atoms with van der Waals surface area (Å²) in [5.41, 5.74) is 5.44. The van der Waals surface area contributed by atoms with Crippen molar-refractivity contribution >= 4 is 0 Å². The standard InChI is InChI=1S/C6H13NO/c1-5-3-8-4-6(5)2-7/h5-6H,2-4,7H2,1H3. The Labute approximate surface area is 50.0 Å². The van der Waals surface area contributed by atoms with Gasteiger partial charge in [-0.05, 0) is 18.4 Å². The molecule has 48 valence electrons. The van der Waals surface area contributed by atoms with Crippen molar-refractivity contribution in [3.05, 3.63) is 0 Å². The summed E-state index contributed by atoms with van der Waals surface area (Å²) in [6, 6.07) is 0. The van der Waals surface area contributed by atoms with Crippen LogP contribution in [0.3, 0.4) is 0 Å². The van der Waals surface area contributed by atoms with Gasteiger partial charge in [0.15, 0.2) is 0 Å². The maximum absolute atomic E-state index is 5.44. The molecule has 2 nitrogen and oxygen atoms in total. The van der Waals surface area contributed by atoms with Crippen molar-refractivity contribution < 1.29 is 4.74 Å². The third-order valence-electron chi connectivity index (χ3n) is 1.82. The Kier molecular flexibility index (Phi) is 1.86. The molecule has 1 aliphatic rings. The Morgan fingerprint density at radius 3 is 2.62 bits per heavy atom. The second-order valence-electron chi connectivity index (χ2n) is 2.51. The molecule has 2 unspecified atom stereocenters. The summed E-state index contributed by atoms with van der Waals surface area (Å²) in [6.45, 7) is 4.74. The van der Waals surface area contributed by atoms with Crippen LogP contribution in [0.15, 0.2) is 0 Å². The number of hydrogen-bond acceptors (Lipinski definition) is 2. The number of ether oxygens (including phenoxy) is 1. The molecular formula is C6H13NO. The lowest BCUT2D eigenvalue weighted by Crippen LogP contribution is -2.19. The molecule has 1 fully saturated rings. The van der Waals surface area contributed by atoms with Crippen LogP contribution < -0.4 is 5.73 Å². The maximum Gasteiger partial charge on any atom is 0.0509 e. The van der Waals surface area contributed by atoms with Gasteiger partial charge in [-0.2, -0.15) is 0 Å². The molecule has 2 heteroatoms. The van der Waals surface area contributed by atoms with Crippen molar-refractivity contribution in [3.63, 3.8) is 0 Å². The Balaban J connectivity index is 2.30. The largest absolute Gasteiger partial charge is 0.381 e. The highest BCUT2D eigenvalue weighted by atomic mass is 16.5. The van der Waals surface area contributed by atoms with E-state index in [4.69, 9.17) is 10.5 Å². The van der Waals surface area contributed by atoms with Gasteiger partial charge in [0.05, 0.1) is 6.61 Å². The van der Waals surface area contributed by atoms with Gasteiger partial charge in [-0.1, -0.05) is 6.92 Å². The average Bonchev–Trinajstić information content (AvgIpc) is 2.14. The van der Waals surface area contributed by atoms with Crippen LogP contribution in [0.2, 0.25) is 0 Å². The molecule has 2 N–H and O–H groups in total. The molecule has 0 radical (unpaired) electrons. The predicted octanol–water partition coefficient (Wildman–Crippen LogP) is 0.228. The average molecular weight is 115 g/mol. The van der Waals surface area contributed by atoms with E-state index in [0.29, 0.717) is 11.8 Å². The van der Waals surface area contributed by atoms with Crippen molar-refractivity contribution in [2.45, 2.75) is 6.92 Å². The molecule has 0 spiro atoms. The van der Waals surface area contributed by atoms with Gasteiger partial charge in [0, 0.05) is 6.61 Å². The van der Waals surface area contributed by atoms with Gasteiger partial charge in [-0.15, -0.1) is 0 Å². The molecule has 0 aromatic rings. The summed E-state index contributed by atoms with van der Waals surface area (Å²) in [5.74, 6) is 1.30. The van der Waals surface area contributed by atoms with Crippen LogP contribution >= 0.6 is 0 Å². The first kappa shape index (κ1) is 6.05. The molecule has 0 aromatic heterocycles. The van der Waals surface area contributed by atoms with Crippen LogP contribution in [0.25, 0.3) is 0 Å². The van der Waals surface area contributed by atoms with E-state index in [9.17, 15) is 0 Å². The Bertz CT molecular complexity index is 74.9. The van der Waals surface area contributed by atoms with Gasteiger partial charge in [-0.3, -0.25) is 0 Å². The van der Waals surface area contributed by atoms with E-state index in [1.165, 1.54) is 0 Å². The predicted molar refractivity (Wildman–Crippen MR) is 32.5 cm³/mol. The van der Waals surface area contributed by atoms with Crippen molar-refractivity contribution in [2.24, 2.45) is 17.6 Å². The Morgan fingerprint density at radius 1 is 1.62 bits per heavy atom. The van der Waals surface area contributed by atoms with Crippen LogP contribution in [0.4, 0.5) is 0 Å². The molecule has 1 heterocycles. The van der Waals surface area contributed by atoms with Gasteiger partial charge in [0.2, 0.25) is 0 Å². The highest BCUT2D eigenvalue weighted by Crippen LogP contribution is 2.17. The smallest absolute Gasteiger partial charge is 0.0509 e. The fourth-order valence-corrected chi connectivity index (χ4v) is 1.01. The fraction of sp³-hybridized carbons (Fsp3) is 1.00. The Morgan fingerprint density at radius 2 is 2.38 bits per heavy atom. The third-order valence-corrected chi connectivity index (χ3v) is 1.82. The highest BCUT2D eigenvalue weighted by molar-refractivity contribution is 4.71. The monoisotopic (exact) mass is 115 g/mol. The van der Waals surface area contributed by atoms with Crippen molar-refractivity contribution in [2.75, 3.05) is 19.8 Å². The molecular weight excluding hydrogens is 102 g/mol. The molecule has 2 atom stereocenters. The summed E-state index contributed by atoms with van der Waals surface area (Å²) in [7, 11) is 0. The van der Waals surface area contributed by atoms with E-state index >= 15 is 0 Å². The zero-order valence-corrected chi connectivity index (χ0v) is 5.26. The van der Waals surface area contributed by atoms with Gasteiger partial charge >= 0.3 is 0 Å². The van der Waals surface area contributed by atoms with E-state index in [-0.39, 0.29) is 0 Å². The molecule has 8 heavy (non-hydrogen) atoms. The van der Waals surface area contributed by atoms with E-state index in [1.807, 2.05) is 0 Å². The summed E-state index contributed by atoms with van der Waals surface area (Å²) >= 11 is 0. The van der Waals surface area contributed by atoms with E-state index in [1.54, 1.807) is 0 Å². The van der Waals surface area contributed by atoms with E-state index in [2.05, 4.69) is 6.92 Å². The number of nitrogens with two attached hydrogens (primary N) is 1. The van der Waals surface area contributed by atoms with Crippen LogP contribution in [0, 0.1) is 11.8 Å². The fourth-order valence-electron chi connectivity index (χ4n) is 1.01. The minimum Gasteiger partial charge on any atom is -0.381 e. The lowest BCUT2D eigenvalue weighted by molar-refractivity contribution is 0.182. The third kappa shape index (κ3) is 1.01. The topological polar surface area (TPSA) is 35.2 Å². The molecule has 0 aromatic carbocycles. The van der Waals surface area contributed by atoms with Crippen LogP contribution in [0.5, 0.6) is 0 Å². The summed E-state index contributed by atoms with van der Waals surface area (Å²) in [5, 5.41) is 0. The zero-order valence-electron chi connectivity index (χ0n) is 5.26. The summed E-state index contributed by atoms with van der Waals surface area (Å²) in [6.07, 6.45) is 0. The maximum atomic E-state index is 5.44. The second kappa shape index (κ2) is 2.46. The molecule has 1 aliphatic heterocycles. The van der Waals surface area contributed by atoms with Gasteiger partial charge in [0.1, 0.15) is 0 Å². The second-order valence-corrected chi connectivity index (χ2v) is 2.51. The SMILES string of the molecule is CC1COCC1CN. The van der Waals surface area contributed by atoms with Gasteiger partial charge in [0.25, 0.3) is 0 Å². The van der Waals surface area contributed by atoms with Crippen LogP contribution in [-0.2, 0) is 4.74 Å². The lowest BCUT2D eigenvalue weighted by Gasteiger charge is -2.07. The minimum atomic E-state index is 0.620. The van der Waals surface area contributed by atoms with Gasteiger partial charge in [-0.25, -0.2) is 0 Å². The Hall–Kier alpha value is -0.0800. The van der Waals surface area contributed by atoms with Crippen LogP contribution in [0.1, 0.15) is 6.92 Å². The summed E-state index contributed by atoms with van der Waals surface area (Å²) < 4.78 is 5.18. The molecule has 0 aliphatic carbocycles. The van der Waals surface area contributed by atoms with Gasteiger partial charge < -0.3 is 10.5 Å². The quantitative estimate of drug-likeness (QED) is 0.531. The van der Waals surface area contributed by atoms with Crippen molar-refractivity contribution in [1.29, 1.82) is 0 Å². The van der Waals surface area contributed by atoms with Crippen molar-refractivity contribution in [1.82, 2.24) is 0 Å². The summed E-state index contributed by atoms with van der Waals surface area (Å²) in [4.78, 5) is 0.